The number of hydrogen-bond acceptors (Lipinski definition) is 7. The number of rotatable bonds is 13. The van der Waals surface area contributed by atoms with Gasteiger partial charge in [-0.25, -0.2) is 5.43 Å². The number of hydrogen-bond donors (Lipinski definition) is 1. The molecule has 0 bridgehead atoms. The van der Waals surface area contributed by atoms with Crippen LogP contribution in [0.15, 0.2) is 18.2 Å². The Morgan fingerprint density at radius 2 is 1.71 bits per heavy atom. The van der Waals surface area contributed by atoms with E-state index in [9.17, 15) is 14.2 Å². The minimum absolute atomic E-state index is 0.169. The van der Waals surface area contributed by atoms with E-state index in [-0.39, 0.29) is 38.1 Å². The normalized spacial score (nSPS) is 15.6. The first kappa shape index (κ1) is 25.4. The number of hydrazine groups is 1. The maximum Gasteiger partial charge on any atom is 0.322 e. The molecule has 0 aromatic heterocycles. The molecule has 0 heterocycles. The topological polar surface area (TPSA) is 94.2 Å². The summed E-state index contributed by atoms with van der Waals surface area (Å²) >= 11 is 0. The number of nitrogens with zero attached hydrogens (tertiary/aromatic N) is 1. The predicted molar refractivity (Wildman–Crippen MR) is 119 cm³/mol. The molecular formula is C22H35N2O6P. The van der Waals surface area contributed by atoms with Crippen molar-refractivity contribution in [3.63, 3.8) is 0 Å². The summed E-state index contributed by atoms with van der Waals surface area (Å²) in [6, 6.07) is 5.99. The van der Waals surface area contributed by atoms with Crippen LogP contribution in [-0.4, -0.2) is 43.0 Å². The van der Waals surface area contributed by atoms with Gasteiger partial charge in [0.15, 0.2) is 0 Å². The van der Waals surface area contributed by atoms with Gasteiger partial charge in [0.1, 0.15) is 18.8 Å². The minimum atomic E-state index is -2.96. The monoisotopic (exact) mass is 454 g/mol. The van der Waals surface area contributed by atoms with Crippen LogP contribution in [-0.2, 0) is 23.6 Å². The van der Waals surface area contributed by atoms with Crippen molar-refractivity contribution in [2.45, 2.75) is 59.3 Å². The zero-order chi connectivity index (χ0) is 23.0. The third kappa shape index (κ3) is 7.63. The van der Waals surface area contributed by atoms with E-state index in [1.54, 1.807) is 13.8 Å². The average molecular weight is 455 g/mol. The quantitative estimate of drug-likeness (QED) is 0.271. The Morgan fingerprint density at radius 1 is 1.10 bits per heavy atom. The molecule has 1 aliphatic rings. The smallest absolute Gasteiger partial charge is 0.322 e. The van der Waals surface area contributed by atoms with Gasteiger partial charge < -0.3 is 14.0 Å². The van der Waals surface area contributed by atoms with Crippen LogP contribution in [0.2, 0.25) is 0 Å². The first-order valence-corrected chi connectivity index (χ1v) is 12.2. The summed E-state index contributed by atoms with van der Waals surface area (Å²) < 4.78 is 30.3. The third-order valence-electron chi connectivity index (χ3n) is 5.24. The molecule has 2 rings (SSSR count). The highest BCUT2D eigenvalue weighted by atomic mass is 31.1. The lowest BCUT2D eigenvalue weighted by Gasteiger charge is -2.25. The van der Waals surface area contributed by atoms with E-state index in [0.29, 0.717) is 11.7 Å². The minimum Gasteiger partial charge on any atom is -0.465 e. The maximum absolute atomic E-state index is 13.2. The zero-order valence-corrected chi connectivity index (χ0v) is 20.1. The van der Waals surface area contributed by atoms with Crippen LogP contribution in [0.3, 0.4) is 0 Å². The van der Waals surface area contributed by atoms with Gasteiger partial charge in [0, 0.05) is 0 Å². The van der Waals surface area contributed by atoms with Crippen molar-refractivity contribution in [2.24, 2.45) is 5.92 Å². The lowest BCUT2D eigenvalue weighted by molar-refractivity contribution is -0.146. The maximum atomic E-state index is 13.2. The predicted octanol–water partition coefficient (Wildman–Crippen LogP) is 4.02. The van der Waals surface area contributed by atoms with E-state index in [1.165, 1.54) is 12.8 Å². The van der Waals surface area contributed by atoms with Gasteiger partial charge in [0.05, 0.1) is 13.2 Å². The Kier molecular flexibility index (Phi) is 10.0. The van der Waals surface area contributed by atoms with Crippen LogP contribution in [0, 0.1) is 5.92 Å². The van der Waals surface area contributed by atoms with E-state index in [0.717, 1.165) is 15.9 Å². The number of benzene rings is 1. The van der Waals surface area contributed by atoms with Crippen molar-refractivity contribution in [1.29, 1.82) is 0 Å². The SMILES string of the molecule is CCOC(=O)CNN(CC(=O)OCC)[PH](=O)Oc1c(C(C)C)cccc1C(C)C1CC1. The molecule has 1 aliphatic carbocycles. The van der Waals surface area contributed by atoms with Crippen LogP contribution in [0.25, 0.3) is 0 Å². The molecular weight excluding hydrogens is 419 g/mol. The summed E-state index contributed by atoms with van der Waals surface area (Å²) in [5, 5.41) is 0. The molecule has 0 radical (unpaired) electrons. The second-order valence-electron chi connectivity index (χ2n) is 7.95. The second kappa shape index (κ2) is 12.2. The van der Waals surface area contributed by atoms with Gasteiger partial charge in [-0.2, -0.15) is 0 Å². The zero-order valence-electron chi connectivity index (χ0n) is 19.1. The van der Waals surface area contributed by atoms with Crippen molar-refractivity contribution in [3.05, 3.63) is 29.3 Å². The van der Waals surface area contributed by atoms with Gasteiger partial charge in [-0.1, -0.05) is 39.0 Å². The second-order valence-corrected chi connectivity index (χ2v) is 9.22. The van der Waals surface area contributed by atoms with Crippen LogP contribution >= 0.6 is 8.18 Å². The highest BCUT2D eigenvalue weighted by Crippen LogP contribution is 2.48. The molecule has 0 amide bonds. The molecule has 2 unspecified atom stereocenters. The molecule has 1 fully saturated rings. The van der Waals surface area contributed by atoms with Gasteiger partial charge in [0.25, 0.3) is 0 Å². The molecule has 0 aliphatic heterocycles. The van der Waals surface area contributed by atoms with Crippen LogP contribution in [0.4, 0.5) is 0 Å². The van der Waals surface area contributed by atoms with Gasteiger partial charge in [0.2, 0.25) is 0 Å². The summed E-state index contributed by atoms with van der Waals surface area (Å²) in [5.41, 5.74) is 4.70. The highest BCUT2D eigenvalue weighted by molar-refractivity contribution is 7.36. The number of esters is 2. The molecule has 1 aromatic carbocycles. The first-order chi connectivity index (χ1) is 14.8. The summed E-state index contributed by atoms with van der Waals surface area (Å²) in [6.45, 7) is 9.55. The highest BCUT2D eigenvalue weighted by Gasteiger charge is 2.32. The molecule has 8 nitrogen and oxygen atoms in total. The summed E-state index contributed by atoms with van der Waals surface area (Å²) in [5.74, 6) is 0.579. The number of carbonyl (C=O) groups excluding carboxylic acids is 2. The van der Waals surface area contributed by atoms with Crippen molar-refractivity contribution in [3.8, 4) is 5.75 Å². The van der Waals surface area contributed by atoms with E-state index in [1.807, 2.05) is 18.2 Å². The molecule has 1 aromatic rings. The lowest BCUT2D eigenvalue weighted by atomic mass is 9.90. The number of ether oxygens (including phenoxy) is 2. The molecule has 9 heteroatoms. The Balaban J connectivity index is 2.25. The summed E-state index contributed by atoms with van der Waals surface area (Å²) in [7, 11) is -2.96. The van der Waals surface area contributed by atoms with Gasteiger partial charge in [-0.15, -0.1) is 4.78 Å². The Bertz CT molecular complexity index is 781. The fraction of sp³-hybridized carbons (Fsp3) is 0.636. The van der Waals surface area contributed by atoms with Crippen LogP contribution in [0.5, 0.6) is 5.75 Å². The third-order valence-corrected chi connectivity index (χ3v) is 6.38. The Morgan fingerprint density at radius 3 is 2.29 bits per heavy atom. The first-order valence-electron chi connectivity index (χ1n) is 10.9. The fourth-order valence-corrected chi connectivity index (χ4v) is 4.38. The number of carbonyl (C=O) groups is 2. The summed E-state index contributed by atoms with van der Waals surface area (Å²) in [4.78, 5) is 23.8. The molecule has 0 saturated heterocycles. The van der Waals surface area contributed by atoms with Crippen LogP contribution in [0.1, 0.15) is 70.4 Å². The van der Waals surface area contributed by atoms with Crippen molar-refractivity contribution in [2.75, 3.05) is 26.3 Å². The standard InChI is InChI=1S/C22H35N2O6P/c1-6-28-20(25)13-23-24(14-21(26)29-7-2)31(27)30-22-18(15(3)4)9-8-10-19(22)16(5)17-11-12-17/h8-10,15-17,23,31H,6-7,11-14H2,1-5H3. The van der Waals surface area contributed by atoms with E-state index < -0.39 is 20.1 Å². The van der Waals surface area contributed by atoms with Crippen molar-refractivity contribution >= 4 is 20.1 Å². The van der Waals surface area contributed by atoms with Crippen molar-refractivity contribution in [1.82, 2.24) is 10.2 Å². The lowest BCUT2D eigenvalue weighted by Crippen LogP contribution is -2.41. The van der Waals surface area contributed by atoms with E-state index in [2.05, 4.69) is 26.2 Å². The molecule has 1 N–H and O–H groups in total. The molecule has 1 saturated carbocycles. The van der Waals surface area contributed by atoms with Crippen molar-refractivity contribution < 1.29 is 28.2 Å². The molecule has 174 valence electrons. The number of nitrogens with one attached hydrogen (secondary N) is 1. The molecule has 31 heavy (non-hydrogen) atoms. The number of para-hydroxylation sites is 1. The Labute approximate surface area is 185 Å². The van der Waals surface area contributed by atoms with E-state index >= 15 is 0 Å². The summed E-state index contributed by atoms with van der Waals surface area (Å²) in [6.07, 6.45) is 2.36. The van der Waals surface area contributed by atoms with E-state index in [4.69, 9.17) is 14.0 Å². The van der Waals surface area contributed by atoms with Gasteiger partial charge in [-0.3, -0.25) is 14.2 Å². The molecule has 0 spiro atoms. The van der Waals surface area contributed by atoms with Gasteiger partial charge >= 0.3 is 20.1 Å². The molecule has 2 atom stereocenters. The Hall–Kier alpha value is -1.89. The average Bonchev–Trinajstić information content (AvgIpc) is 3.56. The van der Waals surface area contributed by atoms with Crippen LogP contribution < -0.4 is 9.95 Å². The largest absolute Gasteiger partial charge is 0.465 e. The van der Waals surface area contributed by atoms with Gasteiger partial charge in [-0.05, 0) is 55.6 Å². The fourth-order valence-electron chi connectivity index (χ4n) is 3.39.